The molecule has 0 saturated carbocycles. The first kappa shape index (κ1) is 18.0. The number of likely N-dealkylation sites (tertiary alicyclic amines) is 1. The standard InChI is InChI=1S/C16H25N3O.ClH/c1-3-13-5-4-6-15(9-13)18-16(20)11-19-8-7-14(10-19)12(2)17;/h4-6,9,12,14H,3,7-8,10-11,17H2,1-2H3,(H,18,20);1H. The number of carbonyl (C=O) groups excluding carboxylic acids is 1. The molecule has 4 nitrogen and oxygen atoms in total. The second kappa shape index (κ2) is 8.37. The van der Waals surface area contributed by atoms with E-state index >= 15 is 0 Å². The third-order valence-corrected chi connectivity index (χ3v) is 4.04. The van der Waals surface area contributed by atoms with Gasteiger partial charge in [0.2, 0.25) is 5.91 Å². The maximum absolute atomic E-state index is 12.1. The van der Waals surface area contributed by atoms with E-state index in [0.29, 0.717) is 12.5 Å². The molecule has 1 amide bonds. The molecule has 1 aromatic rings. The zero-order chi connectivity index (χ0) is 14.5. The van der Waals surface area contributed by atoms with Crippen molar-refractivity contribution in [2.24, 2.45) is 11.7 Å². The topological polar surface area (TPSA) is 58.4 Å². The molecule has 0 bridgehead atoms. The number of nitrogens with one attached hydrogen (secondary N) is 1. The Bertz CT molecular complexity index is 465. The van der Waals surface area contributed by atoms with E-state index in [9.17, 15) is 4.79 Å². The van der Waals surface area contributed by atoms with Crippen LogP contribution in [0.5, 0.6) is 0 Å². The number of hydrogen-bond donors (Lipinski definition) is 2. The second-order valence-electron chi connectivity index (χ2n) is 5.75. The third kappa shape index (κ3) is 5.30. The number of amides is 1. The van der Waals surface area contributed by atoms with Gasteiger partial charge in [0.1, 0.15) is 0 Å². The predicted octanol–water partition coefficient (Wildman–Crippen LogP) is 2.28. The van der Waals surface area contributed by atoms with Crippen molar-refractivity contribution in [2.75, 3.05) is 25.0 Å². The molecule has 118 valence electrons. The average molecular weight is 312 g/mol. The van der Waals surface area contributed by atoms with Crippen molar-refractivity contribution in [3.63, 3.8) is 0 Å². The minimum atomic E-state index is 0. The van der Waals surface area contributed by atoms with Gasteiger partial charge < -0.3 is 11.1 Å². The Balaban J connectivity index is 0.00000220. The lowest BCUT2D eigenvalue weighted by Gasteiger charge is -2.17. The van der Waals surface area contributed by atoms with Gasteiger partial charge in [0.05, 0.1) is 6.54 Å². The smallest absolute Gasteiger partial charge is 0.238 e. The van der Waals surface area contributed by atoms with Gasteiger partial charge in [-0.3, -0.25) is 9.69 Å². The van der Waals surface area contributed by atoms with Gasteiger partial charge in [-0.25, -0.2) is 0 Å². The molecule has 1 fully saturated rings. The van der Waals surface area contributed by atoms with Gasteiger partial charge >= 0.3 is 0 Å². The summed E-state index contributed by atoms with van der Waals surface area (Å²) in [5.41, 5.74) is 8.04. The maximum Gasteiger partial charge on any atom is 0.238 e. The van der Waals surface area contributed by atoms with E-state index in [-0.39, 0.29) is 24.4 Å². The summed E-state index contributed by atoms with van der Waals surface area (Å²) in [7, 11) is 0. The molecule has 1 aromatic carbocycles. The zero-order valence-corrected chi connectivity index (χ0v) is 13.7. The van der Waals surface area contributed by atoms with Crippen molar-refractivity contribution >= 4 is 24.0 Å². The Morgan fingerprint density at radius 2 is 2.29 bits per heavy atom. The molecule has 3 N–H and O–H groups in total. The number of anilines is 1. The van der Waals surface area contributed by atoms with E-state index in [0.717, 1.165) is 31.6 Å². The summed E-state index contributed by atoms with van der Waals surface area (Å²) in [5.74, 6) is 0.579. The van der Waals surface area contributed by atoms with E-state index in [1.807, 2.05) is 25.1 Å². The molecule has 2 rings (SSSR count). The lowest BCUT2D eigenvalue weighted by atomic mass is 10.0. The molecule has 2 unspecified atom stereocenters. The van der Waals surface area contributed by atoms with Crippen LogP contribution < -0.4 is 11.1 Å². The quantitative estimate of drug-likeness (QED) is 0.877. The third-order valence-electron chi connectivity index (χ3n) is 4.04. The zero-order valence-electron chi connectivity index (χ0n) is 12.8. The van der Waals surface area contributed by atoms with Crippen molar-refractivity contribution in [3.8, 4) is 0 Å². The van der Waals surface area contributed by atoms with Crippen molar-refractivity contribution in [2.45, 2.75) is 32.7 Å². The molecular formula is C16H26ClN3O. The molecule has 1 heterocycles. The minimum absolute atomic E-state index is 0. The van der Waals surface area contributed by atoms with E-state index in [1.165, 1.54) is 5.56 Å². The van der Waals surface area contributed by atoms with E-state index in [2.05, 4.69) is 23.2 Å². The van der Waals surface area contributed by atoms with Crippen LogP contribution >= 0.6 is 12.4 Å². The highest BCUT2D eigenvalue weighted by Gasteiger charge is 2.26. The number of aryl methyl sites for hydroxylation is 1. The molecular weight excluding hydrogens is 286 g/mol. The fourth-order valence-corrected chi connectivity index (χ4v) is 2.71. The summed E-state index contributed by atoms with van der Waals surface area (Å²) < 4.78 is 0. The van der Waals surface area contributed by atoms with E-state index < -0.39 is 0 Å². The Hall–Kier alpha value is -1.10. The number of halogens is 1. The fraction of sp³-hybridized carbons (Fsp3) is 0.562. The first-order valence-electron chi connectivity index (χ1n) is 7.45. The average Bonchev–Trinajstić information content (AvgIpc) is 2.87. The second-order valence-corrected chi connectivity index (χ2v) is 5.75. The molecule has 2 atom stereocenters. The number of nitrogens with zero attached hydrogens (tertiary/aromatic N) is 1. The Kier molecular flexibility index (Phi) is 7.15. The molecule has 1 saturated heterocycles. The number of nitrogens with two attached hydrogens (primary N) is 1. The van der Waals surface area contributed by atoms with E-state index in [1.54, 1.807) is 0 Å². The van der Waals surface area contributed by atoms with Gasteiger partial charge in [-0.05, 0) is 49.9 Å². The van der Waals surface area contributed by atoms with Crippen molar-refractivity contribution in [1.29, 1.82) is 0 Å². The number of carbonyl (C=O) groups is 1. The molecule has 1 aliphatic heterocycles. The summed E-state index contributed by atoms with van der Waals surface area (Å²) in [6.45, 7) is 6.51. The predicted molar refractivity (Wildman–Crippen MR) is 89.9 cm³/mol. The summed E-state index contributed by atoms with van der Waals surface area (Å²) in [6.07, 6.45) is 2.07. The van der Waals surface area contributed by atoms with Gasteiger partial charge in [0.15, 0.2) is 0 Å². The van der Waals surface area contributed by atoms with Crippen LogP contribution in [0.15, 0.2) is 24.3 Å². The van der Waals surface area contributed by atoms with Gasteiger partial charge in [0.25, 0.3) is 0 Å². The Labute approximate surface area is 133 Å². The SMILES string of the molecule is CCc1cccc(NC(=O)CN2CCC(C(C)N)C2)c1.Cl. The first-order valence-corrected chi connectivity index (χ1v) is 7.45. The monoisotopic (exact) mass is 311 g/mol. The Morgan fingerprint density at radius 3 is 2.90 bits per heavy atom. The highest BCUT2D eigenvalue weighted by molar-refractivity contribution is 5.92. The van der Waals surface area contributed by atoms with Crippen molar-refractivity contribution in [1.82, 2.24) is 4.90 Å². The summed E-state index contributed by atoms with van der Waals surface area (Å²) in [4.78, 5) is 14.2. The van der Waals surface area contributed by atoms with Crippen molar-refractivity contribution < 1.29 is 4.79 Å². The fourth-order valence-electron chi connectivity index (χ4n) is 2.71. The van der Waals surface area contributed by atoms with Crippen LogP contribution in [0.2, 0.25) is 0 Å². The summed E-state index contributed by atoms with van der Waals surface area (Å²) >= 11 is 0. The minimum Gasteiger partial charge on any atom is -0.328 e. The molecule has 1 aliphatic rings. The molecule has 0 spiro atoms. The van der Waals surface area contributed by atoms with Crippen LogP contribution in [-0.4, -0.2) is 36.5 Å². The van der Waals surface area contributed by atoms with Crippen LogP contribution in [0.3, 0.4) is 0 Å². The Morgan fingerprint density at radius 1 is 1.52 bits per heavy atom. The van der Waals surface area contributed by atoms with Gasteiger partial charge in [0, 0.05) is 18.3 Å². The summed E-state index contributed by atoms with van der Waals surface area (Å²) in [6, 6.07) is 8.24. The molecule has 21 heavy (non-hydrogen) atoms. The van der Waals surface area contributed by atoms with Gasteiger partial charge in [-0.15, -0.1) is 12.4 Å². The lowest BCUT2D eigenvalue weighted by Crippen LogP contribution is -2.34. The molecule has 0 aliphatic carbocycles. The normalized spacial score (nSPS) is 19.9. The highest BCUT2D eigenvalue weighted by Crippen LogP contribution is 2.18. The van der Waals surface area contributed by atoms with Crippen LogP contribution in [0.4, 0.5) is 5.69 Å². The largest absolute Gasteiger partial charge is 0.328 e. The first-order chi connectivity index (χ1) is 9.58. The van der Waals surface area contributed by atoms with Crippen molar-refractivity contribution in [3.05, 3.63) is 29.8 Å². The van der Waals surface area contributed by atoms with Crippen LogP contribution in [0, 0.1) is 5.92 Å². The van der Waals surface area contributed by atoms with Gasteiger partial charge in [-0.1, -0.05) is 19.1 Å². The van der Waals surface area contributed by atoms with Crippen LogP contribution in [0.1, 0.15) is 25.8 Å². The number of hydrogen-bond acceptors (Lipinski definition) is 3. The highest BCUT2D eigenvalue weighted by atomic mass is 35.5. The van der Waals surface area contributed by atoms with E-state index in [4.69, 9.17) is 5.73 Å². The number of rotatable bonds is 5. The summed E-state index contributed by atoms with van der Waals surface area (Å²) in [5, 5.41) is 2.98. The van der Waals surface area contributed by atoms with Gasteiger partial charge in [-0.2, -0.15) is 0 Å². The maximum atomic E-state index is 12.1. The molecule has 0 radical (unpaired) electrons. The molecule has 0 aromatic heterocycles. The van der Waals surface area contributed by atoms with Crippen LogP contribution in [-0.2, 0) is 11.2 Å². The lowest BCUT2D eigenvalue weighted by molar-refractivity contribution is -0.117. The number of benzene rings is 1. The molecule has 5 heteroatoms. The van der Waals surface area contributed by atoms with Crippen LogP contribution in [0.25, 0.3) is 0 Å².